The highest BCUT2D eigenvalue weighted by molar-refractivity contribution is 6.21. The third-order valence-corrected chi connectivity index (χ3v) is 5.87. The Morgan fingerprint density at radius 3 is 2.33 bits per heavy atom. The number of ether oxygens (including phenoxy) is 2. The maximum Gasteiger partial charge on any atom is 0.414 e. The number of anilines is 2. The van der Waals surface area contributed by atoms with Crippen molar-refractivity contribution in [3.05, 3.63) is 47.6 Å². The summed E-state index contributed by atoms with van der Waals surface area (Å²) in [5.41, 5.74) is 2.35. The fourth-order valence-electron chi connectivity index (χ4n) is 4.29. The fraction of sp³-hybridized carbons (Fsp3) is 0.417. The molecule has 4 amide bonds. The van der Waals surface area contributed by atoms with Gasteiger partial charge in [-0.1, -0.05) is 26.0 Å². The molecule has 1 aromatic carbocycles. The Morgan fingerprint density at radius 1 is 0.970 bits per heavy atom. The number of carbonyl (C=O) groups is 4. The summed E-state index contributed by atoms with van der Waals surface area (Å²) in [4.78, 5) is 53.9. The van der Waals surface area contributed by atoms with E-state index < -0.39 is 12.2 Å². The lowest BCUT2D eigenvalue weighted by atomic mass is 10.00. The van der Waals surface area contributed by atoms with E-state index in [1.807, 2.05) is 19.9 Å². The van der Waals surface area contributed by atoms with Crippen molar-refractivity contribution < 1.29 is 28.7 Å². The lowest BCUT2D eigenvalue weighted by Gasteiger charge is -2.27. The second-order valence-corrected chi connectivity index (χ2v) is 7.78. The molecule has 2 saturated heterocycles. The zero-order valence-electron chi connectivity index (χ0n) is 18.8. The van der Waals surface area contributed by atoms with Gasteiger partial charge in [0.1, 0.15) is 12.7 Å². The first-order valence-corrected chi connectivity index (χ1v) is 11.2. The first kappa shape index (κ1) is 22.7. The Morgan fingerprint density at radius 2 is 1.67 bits per heavy atom. The van der Waals surface area contributed by atoms with Gasteiger partial charge in [-0.15, -0.1) is 0 Å². The maximum atomic E-state index is 12.6. The Labute approximate surface area is 192 Å². The van der Waals surface area contributed by atoms with E-state index in [0.29, 0.717) is 36.4 Å². The van der Waals surface area contributed by atoms with Gasteiger partial charge in [-0.05, 0) is 37.1 Å². The van der Waals surface area contributed by atoms with Crippen molar-refractivity contribution in [3.63, 3.8) is 0 Å². The zero-order valence-corrected chi connectivity index (χ0v) is 18.8. The van der Waals surface area contributed by atoms with Crippen LogP contribution in [0.2, 0.25) is 0 Å². The molecule has 9 nitrogen and oxygen atoms in total. The van der Waals surface area contributed by atoms with Gasteiger partial charge in [0.25, 0.3) is 17.7 Å². The third kappa shape index (κ3) is 4.28. The van der Waals surface area contributed by atoms with E-state index in [4.69, 9.17) is 9.47 Å². The molecule has 3 aliphatic heterocycles. The van der Waals surface area contributed by atoms with Crippen LogP contribution in [-0.2, 0) is 23.9 Å². The van der Waals surface area contributed by atoms with Crippen molar-refractivity contribution in [2.24, 2.45) is 0 Å². The monoisotopic (exact) mass is 453 g/mol. The predicted molar refractivity (Wildman–Crippen MR) is 121 cm³/mol. The van der Waals surface area contributed by atoms with Crippen molar-refractivity contribution >= 4 is 35.2 Å². The van der Waals surface area contributed by atoms with Gasteiger partial charge in [-0.3, -0.25) is 24.2 Å². The molecule has 33 heavy (non-hydrogen) atoms. The van der Waals surface area contributed by atoms with Crippen LogP contribution in [0.3, 0.4) is 0 Å². The van der Waals surface area contributed by atoms with Crippen LogP contribution in [0, 0.1) is 0 Å². The molecule has 2 fully saturated rings. The average molecular weight is 453 g/mol. The maximum absolute atomic E-state index is 12.6. The van der Waals surface area contributed by atoms with Crippen molar-refractivity contribution in [1.82, 2.24) is 4.90 Å². The summed E-state index contributed by atoms with van der Waals surface area (Å²) in [5, 5.41) is 0. The molecule has 174 valence electrons. The SMILES string of the molecule is CC.O=C1C2=C(CCC=C2)C(=O)N1CC1CN(c2ccc(N3CCOCC3=O)cc2)C(=O)O1. The second kappa shape index (κ2) is 9.58. The van der Waals surface area contributed by atoms with Gasteiger partial charge in [-0.2, -0.15) is 0 Å². The minimum atomic E-state index is -0.605. The number of rotatable bonds is 4. The molecule has 0 bridgehead atoms. The molecule has 0 radical (unpaired) electrons. The molecule has 4 aliphatic rings. The van der Waals surface area contributed by atoms with E-state index in [0.717, 1.165) is 12.1 Å². The topological polar surface area (TPSA) is 96.5 Å². The number of hydrogen-bond donors (Lipinski definition) is 0. The fourth-order valence-corrected chi connectivity index (χ4v) is 4.29. The molecule has 3 heterocycles. The summed E-state index contributed by atoms with van der Waals surface area (Å²) < 4.78 is 10.6. The lowest BCUT2D eigenvalue weighted by molar-refractivity contribution is -0.138. The highest BCUT2D eigenvalue weighted by atomic mass is 16.6. The third-order valence-electron chi connectivity index (χ3n) is 5.87. The standard InChI is InChI=1S/C22H21N3O6.C2H6/c26-19-13-30-10-9-23(19)14-5-7-15(8-6-14)24-11-16(31-22(24)29)12-25-20(27)17-3-1-2-4-18(17)21(25)28;1-2/h1,3,5-8,16H,2,4,9-13H2;1-2H3. The van der Waals surface area contributed by atoms with Crippen LogP contribution in [0.25, 0.3) is 0 Å². The molecular formula is C24H27N3O6. The number of imide groups is 1. The van der Waals surface area contributed by atoms with Crippen LogP contribution < -0.4 is 9.80 Å². The molecule has 1 atom stereocenters. The summed E-state index contributed by atoms with van der Waals surface area (Å²) in [7, 11) is 0. The van der Waals surface area contributed by atoms with Gasteiger partial charge < -0.3 is 14.4 Å². The number of benzene rings is 1. The number of cyclic esters (lactones) is 1. The molecule has 9 heteroatoms. The number of carbonyl (C=O) groups excluding carboxylic acids is 4. The van der Waals surface area contributed by atoms with Gasteiger partial charge in [0.05, 0.1) is 19.7 Å². The number of hydrogen-bond acceptors (Lipinski definition) is 6. The quantitative estimate of drug-likeness (QED) is 0.650. The number of amides is 4. The summed E-state index contributed by atoms with van der Waals surface area (Å²) in [6.07, 6.45) is 3.75. The smallest absolute Gasteiger partial charge is 0.414 e. The normalized spacial score (nSPS) is 22.5. The Balaban J connectivity index is 0.00000126. The number of allylic oxidation sites excluding steroid dienone is 1. The number of nitrogens with zero attached hydrogens (tertiary/aromatic N) is 3. The molecule has 0 spiro atoms. The van der Waals surface area contributed by atoms with Crippen LogP contribution in [0.4, 0.5) is 16.2 Å². The molecule has 5 rings (SSSR count). The highest BCUT2D eigenvalue weighted by Gasteiger charge is 2.41. The molecule has 1 aromatic rings. The minimum Gasteiger partial charge on any atom is -0.442 e. The Kier molecular flexibility index (Phi) is 6.60. The Hall–Kier alpha value is -3.46. The summed E-state index contributed by atoms with van der Waals surface area (Å²) in [6.45, 7) is 5.28. The van der Waals surface area contributed by atoms with E-state index in [2.05, 4.69) is 0 Å². The van der Waals surface area contributed by atoms with Crippen molar-refractivity contribution in [3.8, 4) is 0 Å². The van der Waals surface area contributed by atoms with Crippen molar-refractivity contribution in [2.75, 3.05) is 42.6 Å². The van der Waals surface area contributed by atoms with E-state index in [1.165, 1.54) is 9.80 Å². The van der Waals surface area contributed by atoms with Crippen LogP contribution in [-0.4, -0.2) is 67.7 Å². The second-order valence-electron chi connectivity index (χ2n) is 7.78. The zero-order chi connectivity index (χ0) is 23.5. The van der Waals surface area contributed by atoms with E-state index in [9.17, 15) is 19.2 Å². The van der Waals surface area contributed by atoms with Crippen LogP contribution in [0.1, 0.15) is 26.7 Å². The van der Waals surface area contributed by atoms with E-state index in [-0.39, 0.29) is 37.4 Å². The van der Waals surface area contributed by atoms with Gasteiger partial charge in [0.15, 0.2) is 0 Å². The van der Waals surface area contributed by atoms with Gasteiger partial charge in [0, 0.05) is 29.1 Å². The highest BCUT2D eigenvalue weighted by Crippen LogP contribution is 2.31. The van der Waals surface area contributed by atoms with E-state index >= 15 is 0 Å². The minimum absolute atomic E-state index is 0.0289. The van der Waals surface area contributed by atoms with Gasteiger partial charge >= 0.3 is 6.09 Å². The van der Waals surface area contributed by atoms with Crippen molar-refractivity contribution in [1.29, 1.82) is 0 Å². The largest absolute Gasteiger partial charge is 0.442 e. The first-order chi connectivity index (χ1) is 16.0. The average Bonchev–Trinajstić information content (AvgIpc) is 3.33. The van der Waals surface area contributed by atoms with Gasteiger partial charge in [0.2, 0.25) is 0 Å². The molecule has 0 N–H and O–H groups in total. The molecule has 0 aromatic heterocycles. The molecule has 1 aliphatic carbocycles. The summed E-state index contributed by atoms with van der Waals surface area (Å²) in [6, 6.07) is 7.05. The summed E-state index contributed by atoms with van der Waals surface area (Å²) in [5.74, 6) is -0.728. The lowest BCUT2D eigenvalue weighted by Crippen LogP contribution is -2.41. The van der Waals surface area contributed by atoms with Crippen LogP contribution in [0.5, 0.6) is 0 Å². The van der Waals surface area contributed by atoms with E-state index in [1.54, 1.807) is 35.2 Å². The molecular weight excluding hydrogens is 426 g/mol. The summed E-state index contributed by atoms with van der Waals surface area (Å²) >= 11 is 0. The van der Waals surface area contributed by atoms with Gasteiger partial charge in [-0.25, -0.2) is 4.79 Å². The number of morpholine rings is 1. The molecule has 1 unspecified atom stereocenters. The van der Waals surface area contributed by atoms with Crippen molar-refractivity contribution in [2.45, 2.75) is 32.8 Å². The molecule has 0 saturated carbocycles. The Bertz CT molecular complexity index is 1030. The predicted octanol–water partition coefficient (Wildman–Crippen LogP) is 2.42. The first-order valence-electron chi connectivity index (χ1n) is 11.2. The van der Waals surface area contributed by atoms with Crippen LogP contribution in [0.15, 0.2) is 47.6 Å². The van der Waals surface area contributed by atoms with Crippen LogP contribution >= 0.6 is 0 Å².